The number of methoxy groups -OCH3 is 1. The molecule has 3 atom stereocenters. The van der Waals surface area contributed by atoms with Gasteiger partial charge in [0.1, 0.15) is 12.9 Å². The minimum atomic E-state index is -0.288. The third-order valence-corrected chi connectivity index (χ3v) is 3.50. The first-order chi connectivity index (χ1) is 11.0. The maximum Gasteiger partial charge on any atom is 0.302 e. The fourth-order valence-corrected chi connectivity index (χ4v) is 2.43. The molecule has 0 saturated carbocycles. The molecule has 0 N–H and O–H groups in total. The Morgan fingerprint density at radius 3 is 2.22 bits per heavy atom. The molecule has 5 nitrogen and oxygen atoms in total. The molecule has 1 aromatic carbocycles. The van der Waals surface area contributed by atoms with E-state index in [1.165, 1.54) is 6.92 Å². The van der Waals surface area contributed by atoms with E-state index in [-0.39, 0.29) is 30.7 Å². The Morgan fingerprint density at radius 1 is 1.04 bits per heavy atom. The van der Waals surface area contributed by atoms with E-state index in [0.717, 1.165) is 5.56 Å². The summed E-state index contributed by atoms with van der Waals surface area (Å²) in [7, 11) is 1.58. The van der Waals surface area contributed by atoms with Gasteiger partial charge in [-0.2, -0.15) is 0 Å². The second kappa shape index (κ2) is 11.2. The van der Waals surface area contributed by atoms with Crippen LogP contribution in [-0.4, -0.2) is 39.2 Å². The number of carbonyl (C=O) groups excluding carboxylic acids is 1. The Balaban J connectivity index is 2.46. The third kappa shape index (κ3) is 8.11. The van der Waals surface area contributed by atoms with Gasteiger partial charge in [-0.15, -0.1) is 0 Å². The van der Waals surface area contributed by atoms with E-state index in [1.54, 1.807) is 7.11 Å². The van der Waals surface area contributed by atoms with Gasteiger partial charge in [0.15, 0.2) is 0 Å². The van der Waals surface area contributed by atoms with Crippen LogP contribution >= 0.6 is 0 Å². The van der Waals surface area contributed by atoms with Crippen LogP contribution in [0, 0.1) is 11.8 Å². The summed E-state index contributed by atoms with van der Waals surface area (Å²) in [5.74, 6) is -0.156. The lowest BCUT2D eigenvalue weighted by Crippen LogP contribution is -2.35. The average molecular weight is 324 g/mol. The van der Waals surface area contributed by atoms with Gasteiger partial charge in [-0.25, -0.2) is 0 Å². The summed E-state index contributed by atoms with van der Waals surface area (Å²) in [6.45, 7) is 7.20. The molecule has 0 heterocycles. The maximum absolute atomic E-state index is 11.4. The molecule has 0 aromatic heterocycles. The van der Waals surface area contributed by atoms with Gasteiger partial charge >= 0.3 is 5.97 Å². The van der Waals surface area contributed by atoms with Crippen LogP contribution in [0.2, 0.25) is 0 Å². The third-order valence-electron chi connectivity index (χ3n) is 3.50. The number of rotatable bonds is 11. The summed E-state index contributed by atoms with van der Waals surface area (Å²) >= 11 is 0. The Kier molecular flexibility index (Phi) is 9.52. The Bertz CT molecular complexity index is 434. The fourth-order valence-electron chi connectivity index (χ4n) is 2.43. The van der Waals surface area contributed by atoms with E-state index < -0.39 is 0 Å². The van der Waals surface area contributed by atoms with Crippen LogP contribution in [0.1, 0.15) is 26.3 Å². The minimum Gasteiger partial charge on any atom is -0.462 e. The molecule has 0 saturated heterocycles. The fraction of sp³-hybridized carbons (Fsp3) is 0.611. The van der Waals surface area contributed by atoms with Crippen molar-refractivity contribution in [2.24, 2.45) is 11.8 Å². The SMILES string of the molecule is COCOCC(C)C(OC(C)=O)C(C)COCc1ccccc1. The predicted molar refractivity (Wildman–Crippen MR) is 87.8 cm³/mol. The maximum atomic E-state index is 11.4. The van der Waals surface area contributed by atoms with Crippen molar-refractivity contribution in [1.29, 1.82) is 0 Å². The van der Waals surface area contributed by atoms with Crippen LogP contribution in [0.3, 0.4) is 0 Å². The van der Waals surface area contributed by atoms with Gasteiger partial charge in [0, 0.05) is 25.9 Å². The van der Waals surface area contributed by atoms with Crippen LogP contribution in [-0.2, 0) is 30.3 Å². The lowest BCUT2D eigenvalue weighted by atomic mass is 9.94. The molecule has 0 amide bonds. The highest BCUT2D eigenvalue weighted by Crippen LogP contribution is 2.19. The zero-order chi connectivity index (χ0) is 17.1. The van der Waals surface area contributed by atoms with Crippen LogP contribution < -0.4 is 0 Å². The van der Waals surface area contributed by atoms with Crippen LogP contribution in [0.4, 0.5) is 0 Å². The summed E-state index contributed by atoms with van der Waals surface area (Å²) in [5, 5.41) is 0. The number of carbonyl (C=O) groups is 1. The lowest BCUT2D eigenvalue weighted by molar-refractivity contribution is -0.156. The first kappa shape index (κ1) is 19.6. The molecule has 1 aromatic rings. The van der Waals surface area contributed by atoms with Crippen molar-refractivity contribution in [1.82, 2.24) is 0 Å². The zero-order valence-electron chi connectivity index (χ0n) is 14.5. The average Bonchev–Trinajstić information content (AvgIpc) is 2.53. The van der Waals surface area contributed by atoms with Gasteiger partial charge in [-0.1, -0.05) is 44.2 Å². The minimum absolute atomic E-state index is 0.0596. The molecule has 0 fully saturated rings. The number of ether oxygens (including phenoxy) is 4. The van der Waals surface area contributed by atoms with Gasteiger partial charge in [0.2, 0.25) is 0 Å². The standard InChI is InChI=1S/C18H28O5/c1-14(10-21-12-17-8-6-5-7-9-17)18(23-16(3)19)15(2)11-22-13-20-4/h5-9,14-15,18H,10-13H2,1-4H3. The van der Waals surface area contributed by atoms with Crippen molar-refractivity contribution < 1.29 is 23.7 Å². The van der Waals surface area contributed by atoms with E-state index in [9.17, 15) is 4.79 Å². The summed E-state index contributed by atoms with van der Waals surface area (Å²) in [5.41, 5.74) is 1.13. The molecule has 0 aliphatic heterocycles. The van der Waals surface area contributed by atoms with Crippen LogP contribution in [0.25, 0.3) is 0 Å². The highest BCUT2D eigenvalue weighted by atomic mass is 16.7. The van der Waals surface area contributed by atoms with Crippen molar-refractivity contribution in [2.75, 3.05) is 27.1 Å². The Labute approximate surface area is 138 Å². The van der Waals surface area contributed by atoms with E-state index in [2.05, 4.69) is 0 Å². The van der Waals surface area contributed by atoms with Gasteiger partial charge in [0.05, 0.1) is 19.8 Å². The molecule has 5 heteroatoms. The summed E-state index contributed by atoms with van der Waals surface area (Å²) in [6.07, 6.45) is -0.250. The van der Waals surface area contributed by atoms with Crippen LogP contribution in [0.15, 0.2) is 30.3 Å². The summed E-state index contributed by atoms with van der Waals surface area (Å²) in [4.78, 5) is 11.4. The first-order valence-electron chi connectivity index (χ1n) is 7.90. The number of benzene rings is 1. The molecule has 130 valence electrons. The number of hydrogen-bond acceptors (Lipinski definition) is 5. The molecule has 0 aliphatic carbocycles. The predicted octanol–water partition coefficient (Wildman–Crippen LogP) is 3.03. The van der Waals surface area contributed by atoms with E-state index in [1.807, 2.05) is 44.2 Å². The summed E-state index contributed by atoms with van der Waals surface area (Å²) < 4.78 is 21.5. The van der Waals surface area contributed by atoms with Crippen molar-refractivity contribution in [2.45, 2.75) is 33.5 Å². The Morgan fingerprint density at radius 2 is 1.65 bits per heavy atom. The lowest BCUT2D eigenvalue weighted by Gasteiger charge is -2.28. The first-order valence-corrected chi connectivity index (χ1v) is 7.90. The highest BCUT2D eigenvalue weighted by Gasteiger charge is 2.27. The molecule has 0 bridgehead atoms. The zero-order valence-corrected chi connectivity index (χ0v) is 14.5. The highest BCUT2D eigenvalue weighted by molar-refractivity contribution is 5.66. The quantitative estimate of drug-likeness (QED) is 0.356. The molecule has 0 spiro atoms. The molecule has 1 rings (SSSR count). The molecule has 3 unspecified atom stereocenters. The summed E-state index contributed by atoms with van der Waals surface area (Å²) in [6, 6.07) is 9.99. The van der Waals surface area contributed by atoms with Crippen molar-refractivity contribution in [3.05, 3.63) is 35.9 Å². The number of esters is 1. The van der Waals surface area contributed by atoms with Crippen molar-refractivity contribution >= 4 is 5.97 Å². The normalized spacial score (nSPS) is 15.0. The molecule has 0 aliphatic rings. The smallest absolute Gasteiger partial charge is 0.302 e. The Hall–Kier alpha value is -1.43. The number of hydrogen-bond donors (Lipinski definition) is 0. The largest absolute Gasteiger partial charge is 0.462 e. The van der Waals surface area contributed by atoms with Crippen molar-refractivity contribution in [3.8, 4) is 0 Å². The monoisotopic (exact) mass is 324 g/mol. The second-order valence-corrected chi connectivity index (χ2v) is 5.81. The van der Waals surface area contributed by atoms with E-state index >= 15 is 0 Å². The topological polar surface area (TPSA) is 54.0 Å². The van der Waals surface area contributed by atoms with Crippen LogP contribution in [0.5, 0.6) is 0 Å². The van der Waals surface area contributed by atoms with E-state index in [4.69, 9.17) is 18.9 Å². The molecule has 0 radical (unpaired) electrons. The molecule has 23 heavy (non-hydrogen) atoms. The molecular formula is C18H28O5. The van der Waals surface area contributed by atoms with E-state index in [0.29, 0.717) is 19.8 Å². The van der Waals surface area contributed by atoms with Gasteiger partial charge in [-0.3, -0.25) is 4.79 Å². The van der Waals surface area contributed by atoms with Gasteiger partial charge in [-0.05, 0) is 5.56 Å². The molecular weight excluding hydrogens is 296 g/mol. The van der Waals surface area contributed by atoms with Crippen molar-refractivity contribution in [3.63, 3.8) is 0 Å². The van der Waals surface area contributed by atoms with Gasteiger partial charge < -0.3 is 18.9 Å². The van der Waals surface area contributed by atoms with Gasteiger partial charge in [0.25, 0.3) is 0 Å². The second-order valence-electron chi connectivity index (χ2n) is 5.81.